The molecule has 0 unspecified atom stereocenters. The van der Waals surface area contributed by atoms with E-state index >= 15 is 0 Å². The van der Waals surface area contributed by atoms with Gasteiger partial charge in [0.2, 0.25) is 0 Å². The fourth-order valence-corrected chi connectivity index (χ4v) is 1.73. The molecule has 0 aliphatic heterocycles. The van der Waals surface area contributed by atoms with Crippen LogP contribution in [0.25, 0.3) is 10.4 Å². The molecule has 0 fully saturated rings. The number of carbonyl (C=O) groups is 1. The molecule has 1 N–H and O–H groups in total. The van der Waals surface area contributed by atoms with E-state index in [9.17, 15) is 4.79 Å². The summed E-state index contributed by atoms with van der Waals surface area (Å²) in [6, 6.07) is 6.39. The molecule has 0 amide bonds. The highest BCUT2D eigenvalue weighted by Crippen LogP contribution is 2.11. The lowest BCUT2D eigenvalue weighted by Crippen LogP contribution is -2.19. The van der Waals surface area contributed by atoms with Gasteiger partial charge in [0.15, 0.2) is 0 Å². The summed E-state index contributed by atoms with van der Waals surface area (Å²) in [6.07, 6.45) is 0.218. The Hall–Kier alpha value is -1.27. The second-order valence-electron chi connectivity index (χ2n) is 2.89. The minimum Gasteiger partial charge on any atom is -0.481 e. The van der Waals surface area contributed by atoms with E-state index < -0.39 is 12.0 Å². The first kappa shape index (κ1) is 11.8. The van der Waals surface area contributed by atoms with E-state index in [4.69, 9.17) is 10.6 Å². The lowest BCUT2D eigenvalue weighted by atomic mass is 10.1. The molecular formula is C9H8IN3O2. The maximum atomic E-state index is 10.7. The number of benzene rings is 1. The van der Waals surface area contributed by atoms with E-state index in [-0.39, 0.29) is 6.42 Å². The monoisotopic (exact) mass is 317 g/mol. The van der Waals surface area contributed by atoms with E-state index in [1.54, 1.807) is 0 Å². The highest BCUT2D eigenvalue weighted by molar-refractivity contribution is 14.1. The molecule has 0 spiro atoms. The van der Waals surface area contributed by atoms with Crippen LogP contribution in [0.3, 0.4) is 0 Å². The highest BCUT2D eigenvalue weighted by atomic mass is 127. The van der Waals surface area contributed by atoms with E-state index in [0.717, 1.165) is 9.13 Å². The van der Waals surface area contributed by atoms with Crippen LogP contribution in [-0.2, 0) is 11.2 Å². The zero-order chi connectivity index (χ0) is 11.3. The first-order valence-corrected chi connectivity index (χ1v) is 5.23. The Kier molecular flexibility index (Phi) is 4.38. The maximum Gasteiger partial charge on any atom is 0.312 e. The first-order chi connectivity index (χ1) is 7.13. The summed E-state index contributed by atoms with van der Waals surface area (Å²) in [5, 5.41) is 12.0. The molecule has 1 aromatic rings. The van der Waals surface area contributed by atoms with Gasteiger partial charge in [-0.1, -0.05) is 17.2 Å². The van der Waals surface area contributed by atoms with Gasteiger partial charge in [0.25, 0.3) is 0 Å². The van der Waals surface area contributed by atoms with Crippen molar-refractivity contribution in [2.24, 2.45) is 5.11 Å². The van der Waals surface area contributed by atoms with Gasteiger partial charge in [-0.15, -0.1) is 0 Å². The number of azide groups is 1. The van der Waals surface area contributed by atoms with Gasteiger partial charge < -0.3 is 5.11 Å². The molecule has 1 atom stereocenters. The van der Waals surface area contributed by atoms with Crippen molar-refractivity contribution >= 4 is 28.6 Å². The van der Waals surface area contributed by atoms with Gasteiger partial charge in [-0.2, -0.15) is 0 Å². The van der Waals surface area contributed by atoms with Crippen molar-refractivity contribution in [1.29, 1.82) is 0 Å². The Morgan fingerprint density at radius 1 is 1.67 bits per heavy atom. The molecule has 78 valence electrons. The summed E-state index contributed by atoms with van der Waals surface area (Å²) < 4.78 is 1.02. The van der Waals surface area contributed by atoms with Crippen LogP contribution in [0.4, 0.5) is 0 Å². The molecule has 0 heterocycles. The first-order valence-electron chi connectivity index (χ1n) is 4.15. The summed E-state index contributed by atoms with van der Waals surface area (Å²) >= 11 is 2.14. The molecule has 1 rings (SSSR count). The van der Waals surface area contributed by atoms with Crippen LogP contribution in [0.2, 0.25) is 0 Å². The van der Waals surface area contributed by atoms with Crippen LogP contribution in [0.1, 0.15) is 5.56 Å². The van der Waals surface area contributed by atoms with Gasteiger partial charge in [0.1, 0.15) is 6.04 Å². The fourth-order valence-electron chi connectivity index (χ4n) is 1.13. The van der Waals surface area contributed by atoms with Crippen LogP contribution in [0.15, 0.2) is 29.4 Å². The van der Waals surface area contributed by atoms with Crippen molar-refractivity contribution in [2.45, 2.75) is 12.5 Å². The molecule has 15 heavy (non-hydrogen) atoms. The van der Waals surface area contributed by atoms with Gasteiger partial charge in [0, 0.05) is 8.48 Å². The summed E-state index contributed by atoms with van der Waals surface area (Å²) in [5.41, 5.74) is 9.06. The quantitative estimate of drug-likeness (QED) is 0.400. The summed E-state index contributed by atoms with van der Waals surface area (Å²) in [5.74, 6) is -1.10. The normalized spacial score (nSPS) is 11.5. The zero-order valence-electron chi connectivity index (χ0n) is 7.67. The summed E-state index contributed by atoms with van der Waals surface area (Å²) in [6.45, 7) is 0. The smallest absolute Gasteiger partial charge is 0.312 e. The Balaban J connectivity index is 2.83. The van der Waals surface area contributed by atoms with Gasteiger partial charge in [0.05, 0.1) is 0 Å². The number of carboxylic acid groups (broad SMARTS) is 1. The fraction of sp³-hybridized carbons (Fsp3) is 0.222. The lowest BCUT2D eigenvalue weighted by Gasteiger charge is -2.05. The van der Waals surface area contributed by atoms with Crippen molar-refractivity contribution in [3.05, 3.63) is 43.8 Å². The summed E-state index contributed by atoms with van der Waals surface area (Å²) in [7, 11) is 0. The number of aliphatic carboxylic acids is 1. The maximum absolute atomic E-state index is 10.7. The Morgan fingerprint density at radius 3 is 2.93 bits per heavy atom. The third-order valence-electron chi connectivity index (χ3n) is 1.79. The number of halogens is 1. The Labute approximate surface area is 99.9 Å². The minimum atomic E-state index is -1.10. The van der Waals surface area contributed by atoms with Gasteiger partial charge in [-0.05, 0) is 52.2 Å². The van der Waals surface area contributed by atoms with Crippen LogP contribution in [0.5, 0.6) is 0 Å². The number of carboxylic acids is 1. The molecule has 0 aliphatic carbocycles. The average Bonchev–Trinajstić information content (AvgIpc) is 2.17. The second kappa shape index (κ2) is 5.57. The van der Waals surface area contributed by atoms with E-state index in [1.807, 2.05) is 24.3 Å². The molecule has 5 nitrogen and oxygen atoms in total. The SMILES string of the molecule is [N-]=[N+]=N[C@H](Cc1cccc(I)c1)C(=O)O. The third kappa shape index (κ3) is 3.77. The average molecular weight is 317 g/mol. The highest BCUT2D eigenvalue weighted by Gasteiger charge is 2.15. The predicted octanol–water partition coefficient (Wildman–Crippen LogP) is 2.60. The van der Waals surface area contributed by atoms with Crippen molar-refractivity contribution < 1.29 is 9.90 Å². The van der Waals surface area contributed by atoms with Crippen molar-refractivity contribution in [3.8, 4) is 0 Å². The molecule has 0 bridgehead atoms. The van der Waals surface area contributed by atoms with E-state index in [1.165, 1.54) is 0 Å². The predicted molar refractivity (Wildman–Crippen MR) is 63.4 cm³/mol. The zero-order valence-corrected chi connectivity index (χ0v) is 9.83. The van der Waals surface area contributed by atoms with Crippen LogP contribution in [0, 0.1) is 3.57 Å². The van der Waals surface area contributed by atoms with Gasteiger partial charge >= 0.3 is 5.97 Å². The topological polar surface area (TPSA) is 86.1 Å². The molecule has 0 aliphatic rings. The molecular weight excluding hydrogens is 309 g/mol. The third-order valence-corrected chi connectivity index (χ3v) is 2.47. The van der Waals surface area contributed by atoms with Crippen LogP contribution >= 0.6 is 22.6 Å². The number of nitrogens with zero attached hydrogens (tertiary/aromatic N) is 3. The molecule has 6 heteroatoms. The summed E-state index contributed by atoms with van der Waals surface area (Å²) in [4.78, 5) is 13.2. The van der Waals surface area contributed by atoms with Gasteiger partial charge in [-0.25, -0.2) is 0 Å². The number of hydrogen-bond donors (Lipinski definition) is 1. The molecule has 0 saturated carbocycles. The number of hydrogen-bond acceptors (Lipinski definition) is 2. The standard InChI is InChI=1S/C9H8IN3O2/c10-7-3-1-2-6(4-7)5-8(9(14)15)12-13-11/h1-4,8H,5H2,(H,14,15)/t8-/m1/s1. The van der Waals surface area contributed by atoms with Crippen molar-refractivity contribution in [1.82, 2.24) is 0 Å². The Morgan fingerprint density at radius 2 is 2.40 bits per heavy atom. The largest absolute Gasteiger partial charge is 0.481 e. The van der Waals surface area contributed by atoms with Crippen LogP contribution in [-0.4, -0.2) is 17.1 Å². The molecule has 0 radical (unpaired) electrons. The molecule has 0 aromatic heterocycles. The molecule has 1 aromatic carbocycles. The van der Waals surface area contributed by atoms with Crippen molar-refractivity contribution in [2.75, 3.05) is 0 Å². The number of rotatable bonds is 4. The second-order valence-corrected chi connectivity index (χ2v) is 4.14. The van der Waals surface area contributed by atoms with E-state index in [2.05, 4.69) is 32.6 Å². The minimum absolute atomic E-state index is 0.218. The van der Waals surface area contributed by atoms with E-state index in [0.29, 0.717) is 0 Å². The van der Waals surface area contributed by atoms with Gasteiger partial charge in [-0.3, -0.25) is 4.79 Å². The molecule has 0 saturated heterocycles. The Bertz CT molecular complexity index is 414. The van der Waals surface area contributed by atoms with Crippen molar-refractivity contribution in [3.63, 3.8) is 0 Å². The van der Waals surface area contributed by atoms with Crippen LogP contribution < -0.4 is 0 Å². The lowest BCUT2D eigenvalue weighted by molar-refractivity contribution is -0.138.